The molecule has 0 heterocycles. The van der Waals surface area contributed by atoms with E-state index in [9.17, 15) is 9.90 Å². The van der Waals surface area contributed by atoms with E-state index >= 15 is 0 Å². The minimum atomic E-state index is -0.938. The molecule has 17 heavy (non-hydrogen) atoms. The van der Waals surface area contributed by atoms with E-state index in [0.29, 0.717) is 13.0 Å². The third-order valence-corrected chi connectivity index (χ3v) is 5.22. The molecule has 2 N–H and O–H groups in total. The molecule has 1 atom stereocenters. The monoisotopic (exact) mass is 279 g/mol. The van der Waals surface area contributed by atoms with E-state index in [2.05, 4.69) is 5.32 Å². The molecule has 2 aliphatic rings. The average Bonchev–Trinajstić information content (AvgIpc) is 2.77. The van der Waals surface area contributed by atoms with Crippen molar-refractivity contribution in [2.75, 3.05) is 6.54 Å². The number of carbonyl (C=O) groups is 1. The molecule has 0 bridgehead atoms. The van der Waals surface area contributed by atoms with Crippen molar-refractivity contribution in [3.63, 3.8) is 0 Å². The maximum atomic E-state index is 11.9. The lowest BCUT2D eigenvalue weighted by Gasteiger charge is -2.32. The normalized spacial score (nSPS) is 34.1. The molecule has 2 aliphatic carbocycles. The predicted octanol–water partition coefficient (Wildman–Crippen LogP) is 2.38. The lowest BCUT2D eigenvalue weighted by molar-refractivity contribution is -0.127. The number of rotatable bonds is 3. The van der Waals surface area contributed by atoms with E-state index in [1.807, 2.05) is 0 Å². The lowest BCUT2D eigenvalue weighted by atomic mass is 9.85. The number of hydrogen-bond donors (Lipinski definition) is 2. The summed E-state index contributed by atoms with van der Waals surface area (Å²) in [7, 11) is 0. The molecule has 0 saturated heterocycles. The third kappa shape index (κ3) is 2.56. The second kappa shape index (κ2) is 4.29. The highest BCUT2D eigenvalue weighted by Crippen LogP contribution is 2.63. The zero-order chi connectivity index (χ0) is 12.7. The molecular formula is C12H19Cl2NO2. The van der Waals surface area contributed by atoms with E-state index in [1.165, 1.54) is 6.42 Å². The Morgan fingerprint density at radius 3 is 2.29 bits per heavy atom. The quantitative estimate of drug-likeness (QED) is 0.780. The zero-order valence-electron chi connectivity index (χ0n) is 10.1. The summed E-state index contributed by atoms with van der Waals surface area (Å²) in [5, 5.41) is 13.0. The molecule has 2 fully saturated rings. The van der Waals surface area contributed by atoms with Crippen LogP contribution in [0, 0.1) is 5.41 Å². The molecular weight excluding hydrogens is 261 g/mol. The van der Waals surface area contributed by atoms with Crippen LogP contribution in [-0.4, -0.2) is 27.5 Å². The van der Waals surface area contributed by atoms with Gasteiger partial charge in [-0.25, -0.2) is 0 Å². The van der Waals surface area contributed by atoms with Crippen LogP contribution in [0.3, 0.4) is 0 Å². The minimum absolute atomic E-state index is 0.151. The van der Waals surface area contributed by atoms with Crippen molar-refractivity contribution >= 4 is 29.1 Å². The fourth-order valence-corrected chi connectivity index (χ4v) is 3.18. The Kier molecular flexibility index (Phi) is 3.39. The van der Waals surface area contributed by atoms with Crippen LogP contribution in [0.5, 0.6) is 0 Å². The highest BCUT2D eigenvalue weighted by atomic mass is 35.5. The van der Waals surface area contributed by atoms with E-state index in [1.54, 1.807) is 6.92 Å². The maximum absolute atomic E-state index is 11.9. The van der Waals surface area contributed by atoms with Gasteiger partial charge in [-0.3, -0.25) is 4.79 Å². The van der Waals surface area contributed by atoms with Crippen LogP contribution in [-0.2, 0) is 4.79 Å². The number of hydrogen-bond acceptors (Lipinski definition) is 2. The van der Waals surface area contributed by atoms with Crippen molar-refractivity contribution in [3.8, 4) is 0 Å². The molecule has 0 spiro atoms. The molecule has 1 unspecified atom stereocenters. The largest absolute Gasteiger partial charge is 0.388 e. The topological polar surface area (TPSA) is 49.3 Å². The van der Waals surface area contributed by atoms with Crippen LogP contribution >= 0.6 is 23.2 Å². The molecule has 2 saturated carbocycles. The van der Waals surface area contributed by atoms with E-state index in [4.69, 9.17) is 23.2 Å². The molecule has 0 aromatic heterocycles. The Bertz CT molecular complexity index is 326. The molecule has 2 rings (SSSR count). The summed E-state index contributed by atoms with van der Waals surface area (Å²) in [5.41, 5.74) is -1.43. The summed E-state index contributed by atoms with van der Waals surface area (Å²) in [6.07, 6.45) is 5.22. The summed E-state index contributed by atoms with van der Waals surface area (Å²) in [5.74, 6) is -0.151. The predicted molar refractivity (Wildman–Crippen MR) is 68.2 cm³/mol. The first-order valence-electron chi connectivity index (χ1n) is 6.18. The summed E-state index contributed by atoms with van der Waals surface area (Å²) >= 11 is 11.9. The number of halogens is 2. The molecule has 0 aromatic carbocycles. The minimum Gasteiger partial charge on any atom is -0.388 e. The first-order chi connectivity index (χ1) is 7.79. The van der Waals surface area contributed by atoms with Crippen LogP contribution in [0.4, 0.5) is 0 Å². The Morgan fingerprint density at radius 2 is 1.82 bits per heavy atom. The summed E-state index contributed by atoms with van der Waals surface area (Å²) in [6.45, 7) is 2.07. The summed E-state index contributed by atoms with van der Waals surface area (Å²) in [6, 6.07) is 0. The molecule has 0 radical (unpaired) electrons. The Hall–Kier alpha value is 0.01000. The van der Waals surface area contributed by atoms with Crippen LogP contribution in [0.1, 0.15) is 45.4 Å². The lowest BCUT2D eigenvalue weighted by Crippen LogP contribution is -2.46. The molecule has 0 aliphatic heterocycles. The maximum Gasteiger partial charge on any atom is 0.229 e. The van der Waals surface area contributed by atoms with Crippen LogP contribution < -0.4 is 5.32 Å². The van der Waals surface area contributed by atoms with Gasteiger partial charge in [0.05, 0.1) is 11.0 Å². The molecule has 5 heteroatoms. The van der Waals surface area contributed by atoms with Crippen molar-refractivity contribution < 1.29 is 9.90 Å². The second-order valence-corrected chi connectivity index (χ2v) is 7.16. The van der Waals surface area contributed by atoms with Crippen LogP contribution in [0.15, 0.2) is 0 Å². The van der Waals surface area contributed by atoms with Crippen molar-refractivity contribution in [2.24, 2.45) is 5.41 Å². The average molecular weight is 280 g/mol. The molecule has 0 aromatic rings. The smallest absolute Gasteiger partial charge is 0.229 e. The first kappa shape index (κ1) is 13.4. The van der Waals surface area contributed by atoms with Gasteiger partial charge in [0.15, 0.2) is 0 Å². The number of amides is 1. The van der Waals surface area contributed by atoms with Crippen molar-refractivity contribution in [3.05, 3.63) is 0 Å². The van der Waals surface area contributed by atoms with Crippen LogP contribution in [0.25, 0.3) is 0 Å². The Balaban J connectivity index is 1.84. The summed E-state index contributed by atoms with van der Waals surface area (Å²) in [4.78, 5) is 11.9. The van der Waals surface area contributed by atoms with Gasteiger partial charge in [0.25, 0.3) is 0 Å². The molecule has 1 amide bonds. The standard InChI is InChI=1S/C12H19Cl2NO2/c1-10(7-12(10,13)14)9(16)15-8-11(17)5-3-2-4-6-11/h17H,2-8H2,1H3,(H,15,16). The van der Waals surface area contributed by atoms with Gasteiger partial charge in [0, 0.05) is 6.54 Å². The number of carbonyl (C=O) groups excluding carboxylic acids is 1. The van der Waals surface area contributed by atoms with E-state index < -0.39 is 15.3 Å². The Labute approximate surface area is 112 Å². The van der Waals surface area contributed by atoms with Gasteiger partial charge in [-0.15, -0.1) is 23.2 Å². The second-order valence-electron chi connectivity index (χ2n) is 5.68. The van der Waals surface area contributed by atoms with E-state index in [-0.39, 0.29) is 5.91 Å². The highest BCUT2D eigenvalue weighted by Gasteiger charge is 2.67. The molecule has 98 valence electrons. The van der Waals surface area contributed by atoms with Crippen molar-refractivity contribution in [2.45, 2.75) is 55.4 Å². The SMILES string of the molecule is CC1(C(=O)NCC2(O)CCCCC2)CC1(Cl)Cl. The number of alkyl halides is 2. The van der Waals surface area contributed by atoms with Gasteiger partial charge < -0.3 is 10.4 Å². The van der Waals surface area contributed by atoms with Gasteiger partial charge >= 0.3 is 0 Å². The Morgan fingerprint density at radius 1 is 1.29 bits per heavy atom. The highest BCUT2D eigenvalue weighted by molar-refractivity contribution is 6.53. The number of nitrogens with one attached hydrogen (secondary N) is 1. The van der Waals surface area contributed by atoms with Gasteiger partial charge in [-0.2, -0.15) is 0 Å². The fourth-order valence-electron chi connectivity index (χ4n) is 2.47. The van der Waals surface area contributed by atoms with Crippen LogP contribution in [0.2, 0.25) is 0 Å². The van der Waals surface area contributed by atoms with Gasteiger partial charge in [0.2, 0.25) is 5.91 Å². The number of aliphatic hydroxyl groups is 1. The fraction of sp³-hybridized carbons (Fsp3) is 0.917. The third-order valence-electron chi connectivity index (χ3n) is 4.12. The van der Waals surface area contributed by atoms with Gasteiger partial charge in [0.1, 0.15) is 4.33 Å². The first-order valence-corrected chi connectivity index (χ1v) is 6.93. The van der Waals surface area contributed by atoms with Gasteiger partial charge in [-0.05, 0) is 26.2 Å². The molecule has 3 nitrogen and oxygen atoms in total. The van der Waals surface area contributed by atoms with Gasteiger partial charge in [-0.1, -0.05) is 19.3 Å². The summed E-state index contributed by atoms with van der Waals surface area (Å²) < 4.78 is -0.938. The zero-order valence-corrected chi connectivity index (χ0v) is 11.6. The van der Waals surface area contributed by atoms with Crippen molar-refractivity contribution in [1.29, 1.82) is 0 Å². The van der Waals surface area contributed by atoms with E-state index in [0.717, 1.165) is 25.7 Å². The van der Waals surface area contributed by atoms with Crippen molar-refractivity contribution in [1.82, 2.24) is 5.32 Å².